The van der Waals surface area contributed by atoms with Crippen LogP contribution in [0.5, 0.6) is 0 Å². The molecule has 47 heavy (non-hydrogen) atoms. The Bertz CT molecular complexity index is 1200. The lowest BCUT2D eigenvalue weighted by Crippen LogP contribution is -2.62. The molecule has 2 spiro atoms. The van der Waals surface area contributed by atoms with Crippen LogP contribution < -0.4 is 5.32 Å². The van der Waals surface area contributed by atoms with Gasteiger partial charge in [0.15, 0.2) is 6.29 Å². The van der Waals surface area contributed by atoms with E-state index in [1.165, 1.54) is 38.5 Å². The number of fused-ring (bicyclic) bond motifs is 4. The minimum Gasteiger partial charge on any atom is -0.390 e. The number of morpholine rings is 1. The summed E-state index contributed by atoms with van der Waals surface area (Å²) >= 11 is 0. The van der Waals surface area contributed by atoms with Gasteiger partial charge in [-0.1, -0.05) is 34.6 Å². The second kappa shape index (κ2) is 11.1. The van der Waals surface area contributed by atoms with Crippen LogP contribution in [0.25, 0.3) is 0 Å². The number of aliphatic hydroxyl groups is 2. The van der Waals surface area contributed by atoms with Crippen LogP contribution in [-0.2, 0) is 18.9 Å². The summed E-state index contributed by atoms with van der Waals surface area (Å²) in [5, 5.41) is 27.1. The third-order valence-electron chi connectivity index (χ3n) is 16.8. The van der Waals surface area contributed by atoms with Gasteiger partial charge in [0.25, 0.3) is 0 Å². The van der Waals surface area contributed by atoms with E-state index in [1.54, 1.807) is 0 Å². The Morgan fingerprint density at radius 1 is 1.02 bits per heavy atom. The van der Waals surface area contributed by atoms with Crippen molar-refractivity contribution in [2.24, 2.45) is 50.7 Å². The summed E-state index contributed by atoms with van der Waals surface area (Å²) in [6.45, 7) is 23.4. The topological polar surface area (TPSA) is 92.7 Å². The van der Waals surface area contributed by atoms with Gasteiger partial charge in [-0.3, -0.25) is 4.90 Å². The molecule has 8 aliphatic rings. The summed E-state index contributed by atoms with van der Waals surface area (Å²) in [6.07, 6.45) is 8.19. The molecule has 268 valence electrons. The second-order valence-corrected chi connectivity index (χ2v) is 19.3. The zero-order valence-electron chi connectivity index (χ0n) is 30.7. The summed E-state index contributed by atoms with van der Waals surface area (Å²) in [4.78, 5) is 2.57. The second-order valence-electron chi connectivity index (χ2n) is 19.3. The molecule has 3 heterocycles. The van der Waals surface area contributed by atoms with E-state index in [0.717, 1.165) is 45.6 Å². The van der Waals surface area contributed by atoms with Crippen molar-refractivity contribution in [3.05, 3.63) is 0 Å². The number of nitrogens with zero attached hydrogens (tertiary/aromatic N) is 1. The van der Waals surface area contributed by atoms with Crippen LogP contribution in [0.15, 0.2) is 0 Å². The van der Waals surface area contributed by atoms with E-state index in [4.69, 9.17) is 18.9 Å². The van der Waals surface area contributed by atoms with Gasteiger partial charge in [0.1, 0.15) is 6.10 Å². The molecule has 8 rings (SSSR count). The summed E-state index contributed by atoms with van der Waals surface area (Å²) < 4.78 is 26.3. The maximum Gasteiger partial charge on any atom is 0.170 e. The molecule has 4 unspecified atom stereocenters. The van der Waals surface area contributed by atoms with E-state index in [1.807, 2.05) is 20.8 Å². The lowest BCUT2D eigenvalue weighted by molar-refractivity contribution is -0.251. The predicted octanol–water partition coefficient (Wildman–Crippen LogP) is 4.99. The first-order valence-electron chi connectivity index (χ1n) is 19.5. The Morgan fingerprint density at radius 2 is 1.74 bits per heavy atom. The number of ether oxygens (including phenoxy) is 4. The van der Waals surface area contributed by atoms with Gasteiger partial charge in [0.05, 0.1) is 36.6 Å². The monoisotopic (exact) mass is 658 g/mol. The van der Waals surface area contributed by atoms with Gasteiger partial charge in [-0.15, -0.1) is 0 Å². The number of rotatable bonds is 7. The van der Waals surface area contributed by atoms with Crippen LogP contribution in [0.1, 0.15) is 107 Å². The minimum atomic E-state index is -1.01. The lowest BCUT2D eigenvalue weighted by atomic mass is 9.41. The molecule has 0 bridgehead atoms. The molecule has 3 aliphatic heterocycles. The molecule has 0 aromatic rings. The van der Waals surface area contributed by atoms with Crippen molar-refractivity contribution in [3.8, 4) is 0 Å². The number of nitrogens with one attached hydrogen (secondary N) is 1. The zero-order valence-corrected chi connectivity index (χ0v) is 30.7. The molecule has 5 saturated carbocycles. The molecule has 14 atom stereocenters. The first kappa shape index (κ1) is 33.8. The average Bonchev–Trinajstić information content (AvgIpc) is 3.61. The number of hydrogen-bond acceptors (Lipinski definition) is 8. The largest absolute Gasteiger partial charge is 0.390 e. The molecule has 5 aliphatic carbocycles. The zero-order chi connectivity index (χ0) is 33.4. The van der Waals surface area contributed by atoms with Crippen LogP contribution in [0.4, 0.5) is 0 Å². The maximum absolute atomic E-state index is 12.6. The van der Waals surface area contributed by atoms with Crippen molar-refractivity contribution in [1.82, 2.24) is 10.2 Å². The highest BCUT2D eigenvalue weighted by atomic mass is 16.7. The highest BCUT2D eigenvalue weighted by Gasteiger charge is 2.84. The summed E-state index contributed by atoms with van der Waals surface area (Å²) in [6, 6.07) is 0.634. The molecule has 0 aromatic heterocycles. The van der Waals surface area contributed by atoms with E-state index >= 15 is 0 Å². The fourth-order valence-corrected chi connectivity index (χ4v) is 14.5. The van der Waals surface area contributed by atoms with E-state index < -0.39 is 17.8 Å². The van der Waals surface area contributed by atoms with Gasteiger partial charge in [0.2, 0.25) is 0 Å². The standard InChI is InChI=1S/C39H66N2O6/c1-9-44-33(35(5,6)43)25-18-23(2)30-31(46-25)32(42)37(8)27-11-10-26-34(3,4)28(47-29-21-41(16-17-45-29)24-19-40-20-24)12-13-38(26)22-39(27,38)15-14-36(30,37)7/h23-33,40,42-43H,9-22H2,1-8H3/t23-,25?,26+,27?,28+,29+,30+,31?,32+,33+,36-,37-,38-,39?/m1/s1. The highest BCUT2D eigenvalue weighted by Crippen LogP contribution is 2.89. The smallest absolute Gasteiger partial charge is 0.170 e. The van der Waals surface area contributed by atoms with Gasteiger partial charge in [-0.05, 0) is 117 Å². The van der Waals surface area contributed by atoms with Gasteiger partial charge in [-0.2, -0.15) is 0 Å². The summed E-state index contributed by atoms with van der Waals surface area (Å²) in [5.74, 6) is 1.87. The fourth-order valence-electron chi connectivity index (χ4n) is 14.5. The Kier molecular flexibility index (Phi) is 7.98. The van der Waals surface area contributed by atoms with Gasteiger partial charge < -0.3 is 34.5 Å². The summed E-state index contributed by atoms with van der Waals surface area (Å²) in [5.41, 5.74) is -0.395. The Morgan fingerprint density at radius 3 is 2.43 bits per heavy atom. The third-order valence-corrected chi connectivity index (χ3v) is 16.8. The van der Waals surface area contributed by atoms with Crippen LogP contribution in [-0.4, -0.2) is 103 Å². The van der Waals surface area contributed by atoms with Crippen LogP contribution in [0.2, 0.25) is 0 Å². The fraction of sp³-hybridized carbons (Fsp3) is 1.00. The third kappa shape index (κ3) is 4.53. The van der Waals surface area contributed by atoms with Crippen LogP contribution >= 0.6 is 0 Å². The minimum absolute atomic E-state index is 0.0276. The quantitative estimate of drug-likeness (QED) is 0.353. The van der Waals surface area contributed by atoms with Gasteiger partial charge in [0, 0.05) is 44.2 Å². The number of hydrogen-bond donors (Lipinski definition) is 3. The van der Waals surface area contributed by atoms with E-state index in [0.29, 0.717) is 47.2 Å². The normalized spacial score (nSPS) is 53.1. The lowest BCUT2D eigenvalue weighted by Gasteiger charge is -2.64. The SMILES string of the molecule is CCO[C@@H](C1C[C@@H](C)[C@H]2C(O1)[C@H](O)[C@@]1(C)C3CC[C@H]4C(C)(C)[C@@H](O[C@H]5CN(C6CNC6)CCO5)CC[C@@]45CC35CC[C@]21C)C(C)(C)O. The molecule has 3 saturated heterocycles. The van der Waals surface area contributed by atoms with Crippen LogP contribution in [0, 0.1) is 50.7 Å². The van der Waals surface area contributed by atoms with Crippen LogP contribution in [0.3, 0.4) is 0 Å². The van der Waals surface area contributed by atoms with Crippen molar-refractivity contribution in [2.45, 2.75) is 155 Å². The van der Waals surface area contributed by atoms with Crippen molar-refractivity contribution in [2.75, 3.05) is 39.4 Å². The Balaban J connectivity index is 1.03. The molecule has 3 N–H and O–H groups in total. The van der Waals surface area contributed by atoms with E-state index in [9.17, 15) is 10.2 Å². The van der Waals surface area contributed by atoms with Crippen molar-refractivity contribution in [1.29, 1.82) is 0 Å². The average molecular weight is 659 g/mol. The molecule has 8 nitrogen and oxygen atoms in total. The molecule has 8 heteroatoms. The van der Waals surface area contributed by atoms with Gasteiger partial charge in [-0.25, -0.2) is 0 Å². The highest BCUT2D eigenvalue weighted by molar-refractivity contribution is 5.33. The van der Waals surface area contributed by atoms with E-state index in [-0.39, 0.29) is 40.8 Å². The number of aliphatic hydroxyl groups excluding tert-OH is 1. The van der Waals surface area contributed by atoms with Crippen molar-refractivity contribution >= 4 is 0 Å². The van der Waals surface area contributed by atoms with Crippen molar-refractivity contribution < 1.29 is 29.2 Å². The molecular formula is C39H66N2O6. The maximum atomic E-state index is 12.6. The molecular weight excluding hydrogens is 592 g/mol. The Hall–Kier alpha value is -0.320. The molecule has 8 fully saturated rings. The molecule has 0 aromatic carbocycles. The predicted molar refractivity (Wildman–Crippen MR) is 181 cm³/mol. The van der Waals surface area contributed by atoms with Gasteiger partial charge >= 0.3 is 0 Å². The Labute approximate surface area is 284 Å². The van der Waals surface area contributed by atoms with E-state index in [2.05, 4.69) is 44.8 Å². The first-order chi connectivity index (χ1) is 22.1. The summed E-state index contributed by atoms with van der Waals surface area (Å²) in [7, 11) is 0. The molecule has 0 amide bonds. The molecule has 0 radical (unpaired) electrons. The van der Waals surface area contributed by atoms with Crippen molar-refractivity contribution in [3.63, 3.8) is 0 Å². The first-order valence-corrected chi connectivity index (χ1v) is 19.5.